The molecule has 3 rings (SSSR count). The van der Waals surface area contributed by atoms with Crippen LogP contribution in [0.15, 0.2) is 29.3 Å². The SMILES string of the molecule is CCNC(=NCc1ccc(CN(CC)CC)cc1)NC1CCN(C(=O)C2CCCCC2)C1.I. The fourth-order valence-electron chi connectivity index (χ4n) is 4.83. The summed E-state index contributed by atoms with van der Waals surface area (Å²) >= 11 is 0. The lowest BCUT2D eigenvalue weighted by atomic mass is 9.88. The molecule has 1 unspecified atom stereocenters. The summed E-state index contributed by atoms with van der Waals surface area (Å²) in [6.07, 6.45) is 6.84. The lowest BCUT2D eigenvalue weighted by Gasteiger charge is -2.26. The number of carbonyl (C=O) groups excluding carboxylic acids is 1. The molecule has 0 radical (unpaired) electrons. The number of likely N-dealkylation sites (tertiary alicyclic amines) is 1. The van der Waals surface area contributed by atoms with Gasteiger partial charge in [0.05, 0.1) is 6.54 Å². The minimum atomic E-state index is 0. The third-order valence-corrected chi connectivity index (χ3v) is 6.88. The maximum absolute atomic E-state index is 12.9. The Morgan fingerprint density at radius 3 is 2.33 bits per heavy atom. The molecule has 1 aliphatic carbocycles. The number of hydrogen-bond acceptors (Lipinski definition) is 3. The Morgan fingerprint density at radius 1 is 1.03 bits per heavy atom. The summed E-state index contributed by atoms with van der Waals surface area (Å²) in [6, 6.07) is 9.08. The van der Waals surface area contributed by atoms with Gasteiger partial charge in [-0.2, -0.15) is 0 Å². The number of nitrogens with zero attached hydrogens (tertiary/aromatic N) is 3. The Hall–Kier alpha value is -1.35. The van der Waals surface area contributed by atoms with Gasteiger partial charge < -0.3 is 15.5 Å². The van der Waals surface area contributed by atoms with E-state index in [4.69, 9.17) is 4.99 Å². The van der Waals surface area contributed by atoms with E-state index >= 15 is 0 Å². The number of guanidine groups is 1. The minimum Gasteiger partial charge on any atom is -0.357 e. The zero-order valence-electron chi connectivity index (χ0n) is 20.8. The van der Waals surface area contributed by atoms with Gasteiger partial charge in [0.15, 0.2) is 5.96 Å². The smallest absolute Gasteiger partial charge is 0.225 e. The third-order valence-electron chi connectivity index (χ3n) is 6.88. The summed E-state index contributed by atoms with van der Waals surface area (Å²) in [5.74, 6) is 1.48. The van der Waals surface area contributed by atoms with Gasteiger partial charge in [-0.15, -0.1) is 24.0 Å². The first kappa shape index (κ1) is 27.9. The first-order valence-corrected chi connectivity index (χ1v) is 12.8. The van der Waals surface area contributed by atoms with Crippen molar-refractivity contribution in [3.63, 3.8) is 0 Å². The van der Waals surface area contributed by atoms with Crippen LogP contribution in [0, 0.1) is 5.92 Å². The molecule has 0 aromatic heterocycles. The molecular weight excluding hydrogens is 525 g/mol. The second-order valence-corrected chi connectivity index (χ2v) is 9.22. The van der Waals surface area contributed by atoms with E-state index in [9.17, 15) is 4.79 Å². The quantitative estimate of drug-likeness (QED) is 0.263. The number of amides is 1. The van der Waals surface area contributed by atoms with E-state index in [0.717, 1.165) is 64.5 Å². The number of hydrogen-bond donors (Lipinski definition) is 2. The zero-order chi connectivity index (χ0) is 22.8. The highest BCUT2D eigenvalue weighted by molar-refractivity contribution is 14.0. The van der Waals surface area contributed by atoms with Crippen molar-refractivity contribution in [2.45, 2.75) is 78.4 Å². The minimum absolute atomic E-state index is 0. The number of benzene rings is 1. The summed E-state index contributed by atoms with van der Waals surface area (Å²) in [6.45, 7) is 12.8. The summed E-state index contributed by atoms with van der Waals surface area (Å²) < 4.78 is 0. The van der Waals surface area contributed by atoms with Gasteiger partial charge in [-0.05, 0) is 50.4 Å². The van der Waals surface area contributed by atoms with Crippen LogP contribution in [0.1, 0.15) is 70.4 Å². The standard InChI is InChI=1S/C26H43N5O.HI/c1-4-27-26(28-18-21-12-14-22(15-13-21)19-30(5-2)6-3)29-24-16-17-31(20-24)25(32)23-10-8-7-9-11-23;/h12-15,23-24H,4-11,16-20H2,1-3H3,(H2,27,28,29);1H. The number of halogens is 1. The van der Waals surface area contributed by atoms with E-state index in [-0.39, 0.29) is 35.9 Å². The summed E-state index contributed by atoms with van der Waals surface area (Å²) in [7, 11) is 0. The average molecular weight is 570 g/mol. The van der Waals surface area contributed by atoms with E-state index in [1.165, 1.54) is 30.4 Å². The fraction of sp³-hybridized carbons (Fsp3) is 0.692. The molecule has 33 heavy (non-hydrogen) atoms. The third kappa shape index (κ3) is 8.74. The van der Waals surface area contributed by atoms with Crippen molar-refractivity contribution in [3.8, 4) is 0 Å². The van der Waals surface area contributed by atoms with Gasteiger partial charge in [-0.25, -0.2) is 4.99 Å². The largest absolute Gasteiger partial charge is 0.357 e. The van der Waals surface area contributed by atoms with Crippen LogP contribution in [0.2, 0.25) is 0 Å². The van der Waals surface area contributed by atoms with Crippen LogP contribution in [0.25, 0.3) is 0 Å². The van der Waals surface area contributed by atoms with Gasteiger partial charge in [0.25, 0.3) is 0 Å². The van der Waals surface area contributed by atoms with Crippen LogP contribution < -0.4 is 10.6 Å². The van der Waals surface area contributed by atoms with Gasteiger partial charge in [0, 0.05) is 38.1 Å². The molecule has 2 fully saturated rings. The zero-order valence-corrected chi connectivity index (χ0v) is 23.1. The number of nitrogens with one attached hydrogen (secondary N) is 2. The lowest BCUT2D eigenvalue weighted by molar-refractivity contribution is -0.135. The molecule has 1 saturated carbocycles. The Bertz CT molecular complexity index is 729. The molecule has 2 aliphatic rings. The molecule has 1 saturated heterocycles. The topological polar surface area (TPSA) is 60.0 Å². The fourth-order valence-corrected chi connectivity index (χ4v) is 4.83. The van der Waals surface area contributed by atoms with E-state index < -0.39 is 0 Å². The van der Waals surface area contributed by atoms with Gasteiger partial charge in [0.2, 0.25) is 5.91 Å². The predicted molar refractivity (Wildman–Crippen MR) is 148 cm³/mol. The predicted octanol–water partition coefficient (Wildman–Crippen LogP) is 4.38. The summed E-state index contributed by atoms with van der Waals surface area (Å²) in [5.41, 5.74) is 2.56. The van der Waals surface area contributed by atoms with Crippen LogP contribution in [0.4, 0.5) is 0 Å². The molecule has 1 heterocycles. The van der Waals surface area contributed by atoms with E-state index in [2.05, 4.69) is 65.5 Å². The molecule has 1 aromatic rings. The first-order valence-electron chi connectivity index (χ1n) is 12.8. The Balaban J connectivity index is 0.00000385. The van der Waals surface area contributed by atoms with E-state index in [1.54, 1.807) is 0 Å². The number of aliphatic imine (C=N–C) groups is 1. The number of rotatable bonds is 9. The maximum Gasteiger partial charge on any atom is 0.225 e. The molecule has 1 aromatic carbocycles. The molecule has 0 spiro atoms. The molecule has 1 atom stereocenters. The molecule has 2 N–H and O–H groups in total. The monoisotopic (exact) mass is 569 g/mol. The van der Waals surface area contributed by atoms with Crippen molar-refractivity contribution in [1.82, 2.24) is 20.4 Å². The van der Waals surface area contributed by atoms with Crippen LogP contribution in [0.3, 0.4) is 0 Å². The van der Waals surface area contributed by atoms with Crippen LogP contribution in [-0.2, 0) is 17.9 Å². The Morgan fingerprint density at radius 2 is 1.70 bits per heavy atom. The molecule has 7 heteroatoms. The van der Waals surface area contributed by atoms with Crippen LogP contribution >= 0.6 is 24.0 Å². The van der Waals surface area contributed by atoms with Gasteiger partial charge in [-0.3, -0.25) is 9.69 Å². The van der Waals surface area contributed by atoms with Crippen molar-refractivity contribution < 1.29 is 4.79 Å². The Kier molecular flexibility index (Phi) is 12.5. The van der Waals surface area contributed by atoms with E-state index in [0.29, 0.717) is 12.5 Å². The highest BCUT2D eigenvalue weighted by Crippen LogP contribution is 2.26. The average Bonchev–Trinajstić information content (AvgIpc) is 3.30. The maximum atomic E-state index is 12.9. The van der Waals surface area contributed by atoms with Crippen molar-refractivity contribution >= 4 is 35.8 Å². The summed E-state index contributed by atoms with van der Waals surface area (Å²) in [4.78, 5) is 22.2. The molecule has 1 amide bonds. The first-order chi connectivity index (χ1) is 15.6. The van der Waals surface area contributed by atoms with Crippen molar-refractivity contribution in [2.24, 2.45) is 10.9 Å². The van der Waals surface area contributed by atoms with Crippen LogP contribution in [-0.4, -0.2) is 60.4 Å². The van der Waals surface area contributed by atoms with Crippen molar-refractivity contribution in [3.05, 3.63) is 35.4 Å². The van der Waals surface area contributed by atoms with Crippen LogP contribution in [0.5, 0.6) is 0 Å². The highest BCUT2D eigenvalue weighted by Gasteiger charge is 2.31. The van der Waals surface area contributed by atoms with Crippen molar-refractivity contribution in [1.29, 1.82) is 0 Å². The van der Waals surface area contributed by atoms with Gasteiger partial charge in [-0.1, -0.05) is 57.4 Å². The summed E-state index contributed by atoms with van der Waals surface area (Å²) in [5, 5.41) is 6.93. The molecule has 1 aliphatic heterocycles. The van der Waals surface area contributed by atoms with Gasteiger partial charge in [0.1, 0.15) is 0 Å². The highest BCUT2D eigenvalue weighted by atomic mass is 127. The van der Waals surface area contributed by atoms with E-state index in [1.807, 2.05) is 0 Å². The van der Waals surface area contributed by atoms with Gasteiger partial charge >= 0.3 is 0 Å². The molecule has 186 valence electrons. The second kappa shape index (κ2) is 14.8. The molecular formula is C26H44IN5O. The number of carbonyl (C=O) groups is 1. The van der Waals surface area contributed by atoms with Crippen molar-refractivity contribution in [2.75, 3.05) is 32.7 Å². The normalized spacial score (nSPS) is 19.5. The lowest BCUT2D eigenvalue weighted by Crippen LogP contribution is -2.45. The second-order valence-electron chi connectivity index (χ2n) is 9.22. The Labute approximate surface area is 218 Å². The molecule has 6 nitrogen and oxygen atoms in total. The molecule has 0 bridgehead atoms.